The van der Waals surface area contributed by atoms with Crippen molar-refractivity contribution < 1.29 is 4.79 Å². The van der Waals surface area contributed by atoms with Gasteiger partial charge in [0.25, 0.3) is 5.91 Å². The van der Waals surface area contributed by atoms with Crippen LogP contribution in [-0.4, -0.2) is 31.1 Å². The first-order valence-electron chi connectivity index (χ1n) is 5.51. The van der Waals surface area contributed by atoms with Gasteiger partial charge < -0.3 is 4.90 Å². The minimum Gasteiger partial charge on any atom is -0.382 e. The number of nitrogens with zero attached hydrogens (tertiary/aromatic N) is 3. The number of rotatable bonds is 4. The van der Waals surface area contributed by atoms with Crippen molar-refractivity contribution in [2.45, 2.75) is 0 Å². The molecule has 20 heavy (non-hydrogen) atoms. The van der Waals surface area contributed by atoms with Crippen LogP contribution in [0.4, 0.5) is 0 Å². The van der Waals surface area contributed by atoms with Gasteiger partial charge in [-0.3, -0.25) is 4.79 Å². The lowest BCUT2D eigenvalue weighted by molar-refractivity contribution is -0.117. The topological polar surface area (TPSA) is 68.5 Å². The zero-order valence-electron chi connectivity index (χ0n) is 10.9. The maximum absolute atomic E-state index is 11.6. The van der Waals surface area contributed by atoms with E-state index in [0.29, 0.717) is 15.6 Å². The fraction of sp³-hybridized carbons (Fsp3) is 0.154. The molecular formula is C13H12Cl2N4O. The van der Waals surface area contributed by atoms with E-state index in [-0.39, 0.29) is 5.57 Å². The largest absolute Gasteiger partial charge is 0.382 e. The van der Waals surface area contributed by atoms with Crippen molar-refractivity contribution >= 4 is 35.3 Å². The molecule has 0 bridgehead atoms. The zero-order valence-corrected chi connectivity index (χ0v) is 12.4. The number of nitriles is 1. The van der Waals surface area contributed by atoms with Gasteiger partial charge in [-0.05, 0) is 12.1 Å². The molecule has 104 valence electrons. The molecule has 1 aromatic carbocycles. The molecule has 0 radical (unpaired) electrons. The monoisotopic (exact) mass is 310 g/mol. The van der Waals surface area contributed by atoms with Gasteiger partial charge in [0, 0.05) is 30.9 Å². The maximum Gasteiger partial charge on any atom is 0.283 e. The minimum atomic E-state index is -0.595. The van der Waals surface area contributed by atoms with Gasteiger partial charge >= 0.3 is 0 Å². The molecule has 1 rings (SSSR count). The highest BCUT2D eigenvalue weighted by Gasteiger charge is 2.07. The third-order valence-electron chi connectivity index (χ3n) is 2.08. The van der Waals surface area contributed by atoms with Crippen LogP contribution in [0.3, 0.4) is 0 Å². The smallest absolute Gasteiger partial charge is 0.283 e. The van der Waals surface area contributed by atoms with Gasteiger partial charge in [0.05, 0.1) is 11.2 Å². The summed E-state index contributed by atoms with van der Waals surface area (Å²) in [6, 6.07) is 6.68. The number of benzene rings is 1. The Hall–Kier alpha value is -2.03. The van der Waals surface area contributed by atoms with Gasteiger partial charge in [0.15, 0.2) is 0 Å². The second-order valence-corrected chi connectivity index (χ2v) is 4.83. The van der Waals surface area contributed by atoms with Gasteiger partial charge in [-0.15, -0.1) is 0 Å². The summed E-state index contributed by atoms with van der Waals surface area (Å²) in [5.74, 6) is -0.595. The number of hydrazone groups is 1. The molecule has 0 unspecified atom stereocenters. The zero-order chi connectivity index (χ0) is 15.1. The Morgan fingerprint density at radius 2 is 2.15 bits per heavy atom. The van der Waals surface area contributed by atoms with E-state index < -0.39 is 5.91 Å². The highest BCUT2D eigenvalue weighted by molar-refractivity contribution is 6.36. The molecule has 0 aromatic heterocycles. The predicted octanol–water partition coefficient (Wildman–Crippen LogP) is 2.41. The second kappa shape index (κ2) is 7.53. The van der Waals surface area contributed by atoms with E-state index >= 15 is 0 Å². The van der Waals surface area contributed by atoms with Gasteiger partial charge in [0.1, 0.15) is 11.6 Å². The molecule has 0 aliphatic rings. The summed E-state index contributed by atoms with van der Waals surface area (Å²) in [5, 5.41) is 13.5. The molecule has 0 atom stereocenters. The Balaban J connectivity index is 2.74. The molecule has 7 heteroatoms. The first-order valence-corrected chi connectivity index (χ1v) is 6.26. The van der Waals surface area contributed by atoms with Crippen LogP contribution in [0.1, 0.15) is 5.56 Å². The maximum atomic E-state index is 11.6. The standard InChI is InChI=1S/C13H12Cl2N4O/c1-19(2)8-10(6-16)13(20)18-17-7-9-3-4-11(14)5-12(9)15/h3-5,7-8H,1-2H3,(H,18,20)/b10-8+,17-7-. The van der Waals surface area contributed by atoms with E-state index in [2.05, 4.69) is 10.5 Å². The normalized spacial score (nSPS) is 11.2. The van der Waals surface area contributed by atoms with Gasteiger partial charge in [0.2, 0.25) is 0 Å². The van der Waals surface area contributed by atoms with Crippen LogP contribution in [0, 0.1) is 11.3 Å². The quantitative estimate of drug-likeness (QED) is 0.402. The SMILES string of the molecule is CN(C)/C=C(\C#N)C(=O)N/N=C\c1ccc(Cl)cc1Cl. The average molecular weight is 311 g/mol. The fourth-order valence-electron chi connectivity index (χ4n) is 1.22. The lowest BCUT2D eigenvalue weighted by Crippen LogP contribution is -2.20. The van der Waals surface area contributed by atoms with Crippen LogP contribution in [0.5, 0.6) is 0 Å². The van der Waals surface area contributed by atoms with Crippen molar-refractivity contribution in [3.05, 3.63) is 45.6 Å². The number of hydrogen-bond donors (Lipinski definition) is 1. The third-order valence-corrected chi connectivity index (χ3v) is 2.65. The van der Waals surface area contributed by atoms with E-state index in [4.69, 9.17) is 28.5 Å². The lowest BCUT2D eigenvalue weighted by atomic mass is 10.2. The molecule has 1 N–H and O–H groups in total. The number of carbonyl (C=O) groups excluding carboxylic acids is 1. The number of carbonyl (C=O) groups is 1. The molecule has 0 aliphatic heterocycles. The van der Waals surface area contributed by atoms with Crippen molar-refractivity contribution in [1.82, 2.24) is 10.3 Å². The summed E-state index contributed by atoms with van der Waals surface area (Å²) in [4.78, 5) is 13.2. The first kappa shape index (κ1) is 16.0. The molecule has 0 aliphatic carbocycles. The van der Waals surface area contributed by atoms with Crippen molar-refractivity contribution in [3.63, 3.8) is 0 Å². The van der Waals surface area contributed by atoms with Gasteiger partial charge in [-0.25, -0.2) is 5.43 Å². The lowest BCUT2D eigenvalue weighted by Gasteiger charge is -2.05. The van der Waals surface area contributed by atoms with Gasteiger partial charge in [-0.1, -0.05) is 29.3 Å². The summed E-state index contributed by atoms with van der Waals surface area (Å²) in [5.41, 5.74) is 2.81. The number of amides is 1. The number of halogens is 2. The molecule has 0 spiro atoms. The Morgan fingerprint density at radius 1 is 1.45 bits per heavy atom. The summed E-state index contributed by atoms with van der Waals surface area (Å²) in [7, 11) is 3.42. The van der Waals surface area contributed by atoms with Crippen molar-refractivity contribution in [3.8, 4) is 6.07 Å². The van der Waals surface area contributed by atoms with E-state index in [1.54, 1.807) is 43.3 Å². The fourth-order valence-corrected chi connectivity index (χ4v) is 1.68. The van der Waals surface area contributed by atoms with Crippen LogP contribution >= 0.6 is 23.2 Å². The highest BCUT2D eigenvalue weighted by atomic mass is 35.5. The number of hydrogen-bond acceptors (Lipinski definition) is 4. The molecule has 5 nitrogen and oxygen atoms in total. The summed E-state index contributed by atoms with van der Waals surface area (Å²) >= 11 is 11.7. The molecular weight excluding hydrogens is 299 g/mol. The molecule has 0 fully saturated rings. The Bertz CT molecular complexity index is 603. The second-order valence-electron chi connectivity index (χ2n) is 3.98. The van der Waals surface area contributed by atoms with Crippen LogP contribution in [0.15, 0.2) is 35.1 Å². The number of nitrogens with one attached hydrogen (secondary N) is 1. The third kappa shape index (κ3) is 4.92. The average Bonchev–Trinajstić information content (AvgIpc) is 2.38. The molecule has 0 heterocycles. The van der Waals surface area contributed by atoms with E-state index in [9.17, 15) is 4.79 Å². The Kier molecular flexibility index (Phi) is 6.04. The van der Waals surface area contributed by atoms with Crippen LogP contribution in [-0.2, 0) is 4.79 Å². The molecule has 0 saturated heterocycles. The minimum absolute atomic E-state index is 0.0469. The Morgan fingerprint density at radius 3 is 2.70 bits per heavy atom. The van der Waals surface area contributed by atoms with E-state index in [1.165, 1.54) is 12.4 Å². The van der Waals surface area contributed by atoms with Crippen molar-refractivity contribution in [2.75, 3.05) is 14.1 Å². The van der Waals surface area contributed by atoms with Crippen molar-refractivity contribution in [1.29, 1.82) is 5.26 Å². The van der Waals surface area contributed by atoms with Crippen LogP contribution in [0.2, 0.25) is 10.0 Å². The van der Waals surface area contributed by atoms with Crippen molar-refractivity contribution in [2.24, 2.45) is 5.10 Å². The molecule has 1 aromatic rings. The van der Waals surface area contributed by atoms with Crippen LogP contribution in [0.25, 0.3) is 0 Å². The summed E-state index contributed by atoms with van der Waals surface area (Å²) < 4.78 is 0. The van der Waals surface area contributed by atoms with Crippen LogP contribution < -0.4 is 5.43 Å². The summed E-state index contributed by atoms with van der Waals surface area (Å²) in [6.45, 7) is 0. The predicted molar refractivity (Wildman–Crippen MR) is 79.6 cm³/mol. The highest BCUT2D eigenvalue weighted by Crippen LogP contribution is 2.19. The van der Waals surface area contributed by atoms with Gasteiger partial charge in [-0.2, -0.15) is 10.4 Å². The van der Waals surface area contributed by atoms with E-state index in [1.807, 2.05) is 0 Å². The summed E-state index contributed by atoms with van der Waals surface area (Å²) in [6.07, 6.45) is 2.78. The molecule has 0 saturated carbocycles. The first-order chi connectivity index (χ1) is 9.43. The van der Waals surface area contributed by atoms with E-state index in [0.717, 1.165) is 0 Å². The Labute approximate surface area is 127 Å². The molecule has 1 amide bonds.